The van der Waals surface area contributed by atoms with Crippen molar-refractivity contribution in [3.63, 3.8) is 0 Å². The molecule has 0 amide bonds. The molecule has 1 heterocycles. The molecule has 0 unspecified atom stereocenters. The third-order valence-corrected chi connectivity index (χ3v) is 1.14. The summed E-state index contributed by atoms with van der Waals surface area (Å²) in [5.41, 5.74) is -0.248. The predicted molar refractivity (Wildman–Crippen MR) is 57.4 cm³/mol. The maximum absolute atomic E-state index is 10.5. The van der Waals surface area contributed by atoms with Crippen molar-refractivity contribution in [2.45, 2.75) is 0 Å². The molecule has 0 aliphatic heterocycles. The Morgan fingerprint density at radius 3 is 2.35 bits per heavy atom. The highest BCUT2D eigenvalue weighted by Crippen LogP contribution is 2.02. The van der Waals surface area contributed by atoms with E-state index in [0.717, 1.165) is 0 Å². The van der Waals surface area contributed by atoms with Crippen LogP contribution in [0.25, 0.3) is 0 Å². The summed E-state index contributed by atoms with van der Waals surface area (Å²) in [5, 5.41) is 11.9. The van der Waals surface area contributed by atoms with Crippen LogP contribution in [-0.4, -0.2) is 43.1 Å². The van der Waals surface area contributed by atoms with Crippen LogP contribution in [0.1, 0.15) is 5.76 Å². The number of hydrogen-bond donors (Lipinski definition) is 2. The molecule has 1 aromatic heterocycles. The van der Waals surface area contributed by atoms with Gasteiger partial charge in [0, 0.05) is 0 Å². The van der Waals surface area contributed by atoms with Crippen molar-refractivity contribution in [1.82, 2.24) is 0 Å². The van der Waals surface area contributed by atoms with Gasteiger partial charge >= 0.3 is 5.97 Å². The number of carboxylic acids is 1. The van der Waals surface area contributed by atoms with Gasteiger partial charge in [0.2, 0.25) is 5.71 Å². The Labute approximate surface area is 97.2 Å². The quantitative estimate of drug-likeness (QED) is 0.454. The lowest BCUT2D eigenvalue weighted by atomic mass is 10.3. The minimum absolute atomic E-state index is 0.171. The van der Waals surface area contributed by atoms with E-state index in [2.05, 4.69) is 9.99 Å². The number of furan rings is 1. The molecule has 96 valence electrons. The first-order chi connectivity index (χ1) is 7.75. The molecule has 0 aromatic carbocycles. The fraction of sp³-hybridized carbons (Fsp3) is 0.250. The van der Waals surface area contributed by atoms with Gasteiger partial charge in [-0.3, -0.25) is 4.55 Å². The summed E-state index contributed by atoms with van der Waals surface area (Å²) in [6.45, 7) is 0. The molecule has 0 spiro atoms. The maximum Gasteiger partial charge on any atom is 0.361 e. The largest absolute Gasteiger partial charge is 0.476 e. The lowest BCUT2D eigenvalue weighted by molar-refractivity contribution is -0.129. The van der Waals surface area contributed by atoms with E-state index in [1.807, 2.05) is 0 Å². The van der Waals surface area contributed by atoms with Gasteiger partial charge in [0.15, 0.2) is 5.76 Å². The average Bonchev–Trinajstić information content (AvgIpc) is 2.63. The molecule has 0 atom stereocenters. The average molecular weight is 265 g/mol. The van der Waals surface area contributed by atoms with Crippen LogP contribution >= 0.6 is 0 Å². The van der Waals surface area contributed by atoms with Gasteiger partial charge < -0.3 is 14.4 Å². The van der Waals surface area contributed by atoms with Crippen molar-refractivity contribution >= 4 is 21.8 Å². The first-order valence-corrected chi connectivity index (χ1v) is 5.91. The molecule has 1 aromatic rings. The van der Waals surface area contributed by atoms with Gasteiger partial charge in [-0.25, -0.2) is 4.79 Å². The molecule has 0 fully saturated rings. The summed E-state index contributed by atoms with van der Waals surface area (Å²) >= 11 is 0. The van der Waals surface area contributed by atoms with Crippen LogP contribution in [0.15, 0.2) is 28.0 Å². The van der Waals surface area contributed by atoms with Crippen LogP contribution in [-0.2, 0) is 19.8 Å². The zero-order chi connectivity index (χ0) is 13.5. The van der Waals surface area contributed by atoms with E-state index < -0.39 is 16.1 Å². The molecule has 9 heteroatoms. The minimum atomic E-state index is -3.67. The van der Waals surface area contributed by atoms with Crippen LogP contribution in [0, 0.1) is 0 Å². The Balaban J connectivity index is 0.000000437. The standard InChI is InChI=1S/C7H7NO4.CH4O3S/c1-11-8-6(7(9)10)5-3-2-4-12-5;1-5(2,3)4/h2-4H,1H3,(H,9,10);1H3,(H,2,3,4)/b8-6-;. The molecule has 0 saturated heterocycles. The van der Waals surface area contributed by atoms with Gasteiger partial charge in [-0.15, -0.1) is 0 Å². The van der Waals surface area contributed by atoms with Crippen molar-refractivity contribution in [2.24, 2.45) is 5.16 Å². The Kier molecular flexibility index (Phi) is 5.92. The van der Waals surface area contributed by atoms with Crippen LogP contribution < -0.4 is 0 Å². The number of hydrogen-bond acceptors (Lipinski definition) is 6. The summed E-state index contributed by atoms with van der Waals surface area (Å²) in [5.74, 6) is -1.02. The van der Waals surface area contributed by atoms with Gasteiger partial charge in [0.25, 0.3) is 10.1 Å². The summed E-state index contributed by atoms with van der Waals surface area (Å²) in [4.78, 5) is 14.9. The molecule has 17 heavy (non-hydrogen) atoms. The highest BCUT2D eigenvalue weighted by atomic mass is 32.2. The monoisotopic (exact) mass is 265 g/mol. The molecule has 0 radical (unpaired) electrons. The Morgan fingerprint density at radius 2 is 2.06 bits per heavy atom. The molecular weight excluding hydrogens is 254 g/mol. The van der Waals surface area contributed by atoms with E-state index in [1.54, 1.807) is 6.07 Å². The molecule has 2 N–H and O–H groups in total. The van der Waals surface area contributed by atoms with Crippen LogP contribution in [0.5, 0.6) is 0 Å². The van der Waals surface area contributed by atoms with Crippen molar-refractivity contribution in [1.29, 1.82) is 0 Å². The summed E-state index contributed by atoms with van der Waals surface area (Å²) in [7, 11) is -2.40. The molecule has 0 saturated carbocycles. The van der Waals surface area contributed by atoms with Crippen molar-refractivity contribution in [3.05, 3.63) is 24.2 Å². The smallest absolute Gasteiger partial charge is 0.361 e. The first-order valence-electron chi connectivity index (χ1n) is 4.06. The van der Waals surface area contributed by atoms with E-state index in [9.17, 15) is 13.2 Å². The predicted octanol–water partition coefficient (Wildman–Crippen LogP) is 0.219. The lowest BCUT2D eigenvalue weighted by Gasteiger charge is -1.94. The van der Waals surface area contributed by atoms with Crippen molar-refractivity contribution in [2.75, 3.05) is 13.4 Å². The first kappa shape index (κ1) is 15.1. The van der Waals surface area contributed by atoms with Gasteiger partial charge in [-0.2, -0.15) is 8.42 Å². The molecule has 8 nitrogen and oxygen atoms in total. The van der Waals surface area contributed by atoms with Crippen LogP contribution in [0.3, 0.4) is 0 Å². The highest BCUT2D eigenvalue weighted by molar-refractivity contribution is 7.85. The maximum atomic E-state index is 10.5. The molecule has 0 aliphatic carbocycles. The number of oxime groups is 1. The summed E-state index contributed by atoms with van der Waals surface area (Å²) in [6, 6.07) is 3.06. The number of aliphatic carboxylic acids is 1. The van der Waals surface area contributed by atoms with Gasteiger partial charge in [0.1, 0.15) is 7.11 Å². The molecule has 0 aliphatic rings. The van der Waals surface area contributed by atoms with E-state index in [0.29, 0.717) is 6.26 Å². The topological polar surface area (TPSA) is 126 Å². The molecule has 0 bridgehead atoms. The summed E-state index contributed by atoms with van der Waals surface area (Å²) < 4.78 is 30.7. The van der Waals surface area contributed by atoms with E-state index in [-0.39, 0.29) is 11.5 Å². The number of rotatable bonds is 3. The zero-order valence-corrected chi connectivity index (χ0v) is 9.84. The number of nitrogens with zero attached hydrogens (tertiary/aromatic N) is 1. The Hall–Kier alpha value is -1.87. The zero-order valence-electron chi connectivity index (χ0n) is 9.02. The van der Waals surface area contributed by atoms with Crippen LogP contribution in [0.4, 0.5) is 0 Å². The van der Waals surface area contributed by atoms with Crippen molar-refractivity contribution in [3.8, 4) is 0 Å². The highest BCUT2D eigenvalue weighted by Gasteiger charge is 2.15. The Morgan fingerprint density at radius 1 is 1.53 bits per heavy atom. The second-order valence-electron chi connectivity index (χ2n) is 2.64. The second-order valence-corrected chi connectivity index (χ2v) is 4.10. The number of carboxylic acid groups (broad SMARTS) is 1. The fourth-order valence-electron chi connectivity index (χ4n) is 0.694. The fourth-order valence-corrected chi connectivity index (χ4v) is 0.694. The normalized spacial score (nSPS) is 11.4. The SMILES string of the molecule is CO/N=C(\C(=O)O)c1ccco1.CS(=O)(=O)O. The van der Waals surface area contributed by atoms with E-state index in [4.69, 9.17) is 14.1 Å². The molecule has 1 rings (SSSR count). The van der Waals surface area contributed by atoms with E-state index in [1.165, 1.54) is 19.4 Å². The lowest BCUT2D eigenvalue weighted by Crippen LogP contribution is -2.13. The Bertz CT molecular complexity index is 466. The summed E-state index contributed by atoms with van der Waals surface area (Å²) in [6.07, 6.45) is 2.08. The number of carbonyl (C=O) groups is 1. The second kappa shape index (κ2) is 6.66. The van der Waals surface area contributed by atoms with Gasteiger partial charge in [-0.1, -0.05) is 5.16 Å². The van der Waals surface area contributed by atoms with Crippen LogP contribution in [0.2, 0.25) is 0 Å². The third-order valence-electron chi connectivity index (χ3n) is 1.14. The van der Waals surface area contributed by atoms with E-state index >= 15 is 0 Å². The van der Waals surface area contributed by atoms with Crippen molar-refractivity contribution < 1.29 is 32.1 Å². The van der Waals surface area contributed by atoms with Gasteiger partial charge in [-0.05, 0) is 12.1 Å². The molecular formula is C8H11NO7S. The third kappa shape index (κ3) is 7.99. The minimum Gasteiger partial charge on any atom is -0.476 e. The van der Waals surface area contributed by atoms with Gasteiger partial charge in [0.05, 0.1) is 12.5 Å².